The van der Waals surface area contributed by atoms with E-state index in [1.807, 2.05) is 4.90 Å². The van der Waals surface area contributed by atoms with Crippen LogP contribution in [-0.2, 0) is 6.54 Å². The van der Waals surface area contributed by atoms with Crippen LogP contribution in [0.1, 0.15) is 46.1 Å². The molecule has 0 unspecified atom stereocenters. The first-order valence-electron chi connectivity index (χ1n) is 12.4. The number of alkyl halides is 3. The third kappa shape index (κ3) is 6.62. The molecule has 1 aliphatic heterocycles. The number of fused-ring (bicyclic) bond motifs is 1. The van der Waals surface area contributed by atoms with E-state index in [4.69, 9.17) is 11.6 Å². The summed E-state index contributed by atoms with van der Waals surface area (Å²) in [5, 5.41) is 3.30. The van der Waals surface area contributed by atoms with E-state index >= 15 is 4.39 Å². The molecular weight excluding hydrogens is 571 g/mol. The number of aryl methyl sites for hydroxylation is 1. The van der Waals surface area contributed by atoms with Crippen molar-refractivity contribution in [1.82, 2.24) is 14.7 Å². The fourth-order valence-electron chi connectivity index (χ4n) is 4.99. The van der Waals surface area contributed by atoms with Crippen LogP contribution in [0.2, 0.25) is 5.02 Å². The van der Waals surface area contributed by atoms with Crippen LogP contribution in [0, 0.1) is 12.7 Å². The Morgan fingerprint density at radius 1 is 1.10 bits per heavy atom. The summed E-state index contributed by atoms with van der Waals surface area (Å²) >= 11 is 6.07. The molecule has 0 aliphatic carbocycles. The van der Waals surface area contributed by atoms with Gasteiger partial charge in [-0.25, -0.2) is 9.37 Å². The lowest BCUT2D eigenvalue weighted by Crippen LogP contribution is -2.33. The maximum Gasteiger partial charge on any atom is 0.573 e. The number of imidazole rings is 1. The van der Waals surface area contributed by atoms with Crippen LogP contribution in [-0.4, -0.2) is 34.7 Å². The average molecular weight is 597 g/mol. The lowest BCUT2D eigenvalue weighted by atomic mass is 9.89. The molecule has 0 bridgehead atoms. The van der Waals surface area contributed by atoms with Gasteiger partial charge < -0.3 is 15.0 Å². The highest BCUT2D eigenvalue weighted by atomic mass is 35.5. The Morgan fingerprint density at radius 3 is 2.45 bits per heavy atom. The highest BCUT2D eigenvalue weighted by molar-refractivity contribution is 6.30. The van der Waals surface area contributed by atoms with Gasteiger partial charge in [0.25, 0.3) is 5.91 Å². The molecule has 12 heteroatoms. The summed E-state index contributed by atoms with van der Waals surface area (Å²) in [7, 11) is 0. The number of ether oxygens (including phenoxy) is 1. The molecule has 1 saturated heterocycles. The van der Waals surface area contributed by atoms with Gasteiger partial charge in [-0.05, 0) is 73.2 Å². The minimum Gasteiger partial charge on any atom is -0.406 e. The molecule has 1 fully saturated rings. The standard InChI is InChI=1S/C28H25ClF4N4O2.ClH/c1-17-26(37-16-21(29)5-9-25(37)35-17)27(38)34-15-18-2-8-24(23(30)14-18)36-12-10-20(11-13-36)19-3-6-22(7-4-19)39-28(31,32)33;/h2-9,14,16,20H,10-13,15H2,1H3,(H,34,38);1H. The van der Waals surface area contributed by atoms with Crippen LogP contribution >= 0.6 is 24.0 Å². The van der Waals surface area contributed by atoms with Crippen molar-refractivity contribution in [2.45, 2.75) is 38.6 Å². The number of hydrogen-bond donors (Lipinski definition) is 1. The second kappa shape index (κ2) is 11.9. The van der Waals surface area contributed by atoms with Gasteiger partial charge >= 0.3 is 6.36 Å². The van der Waals surface area contributed by atoms with Crippen LogP contribution < -0.4 is 15.0 Å². The molecule has 5 rings (SSSR count). The molecule has 4 aromatic rings. The Kier molecular flexibility index (Phi) is 8.80. The number of carbonyl (C=O) groups is 1. The lowest BCUT2D eigenvalue weighted by Gasteiger charge is -2.34. The van der Waals surface area contributed by atoms with E-state index in [1.165, 1.54) is 18.2 Å². The Morgan fingerprint density at radius 2 is 1.80 bits per heavy atom. The van der Waals surface area contributed by atoms with Crippen LogP contribution in [0.5, 0.6) is 5.75 Å². The highest BCUT2D eigenvalue weighted by Crippen LogP contribution is 2.33. The van der Waals surface area contributed by atoms with Gasteiger partial charge in [-0.15, -0.1) is 25.6 Å². The first kappa shape index (κ1) is 29.5. The maximum atomic E-state index is 15.1. The van der Waals surface area contributed by atoms with Gasteiger partial charge in [0, 0.05) is 25.8 Å². The summed E-state index contributed by atoms with van der Waals surface area (Å²) in [6.07, 6.45) is -1.62. The monoisotopic (exact) mass is 596 g/mol. The first-order valence-corrected chi connectivity index (χ1v) is 12.8. The molecule has 1 aliphatic rings. The number of nitrogens with one attached hydrogen (secondary N) is 1. The summed E-state index contributed by atoms with van der Waals surface area (Å²) in [5.74, 6) is -0.810. The van der Waals surface area contributed by atoms with Crippen LogP contribution in [0.25, 0.3) is 5.65 Å². The van der Waals surface area contributed by atoms with Crippen LogP contribution in [0.15, 0.2) is 60.8 Å². The third-order valence-corrected chi connectivity index (χ3v) is 7.08. The smallest absolute Gasteiger partial charge is 0.406 e. The van der Waals surface area contributed by atoms with Crippen molar-refractivity contribution in [3.63, 3.8) is 0 Å². The average Bonchev–Trinajstić information content (AvgIpc) is 3.22. The molecule has 1 amide bonds. The summed E-state index contributed by atoms with van der Waals surface area (Å²) in [4.78, 5) is 19.2. The van der Waals surface area contributed by atoms with E-state index in [0.29, 0.717) is 46.4 Å². The number of pyridine rings is 1. The minimum atomic E-state index is -4.72. The summed E-state index contributed by atoms with van der Waals surface area (Å²) in [6, 6.07) is 14.3. The van der Waals surface area contributed by atoms with E-state index < -0.39 is 6.36 Å². The van der Waals surface area contributed by atoms with Crippen LogP contribution in [0.4, 0.5) is 23.2 Å². The second-order valence-corrected chi connectivity index (χ2v) is 9.90. The van der Waals surface area contributed by atoms with Crippen LogP contribution in [0.3, 0.4) is 0 Å². The molecular formula is C28H26Cl2F4N4O2. The zero-order valence-electron chi connectivity index (χ0n) is 21.3. The number of amides is 1. The zero-order valence-corrected chi connectivity index (χ0v) is 22.9. The molecule has 6 nitrogen and oxygen atoms in total. The van der Waals surface area contributed by atoms with Crippen molar-refractivity contribution in [2.24, 2.45) is 0 Å². The number of carbonyl (C=O) groups excluding carboxylic acids is 1. The van der Waals surface area contributed by atoms with Crippen molar-refractivity contribution in [3.05, 3.63) is 94.1 Å². The molecule has 2 aromatic carbocycles. The van der Waals surface area contributed by atoms with Crippen molar-refractivity contribution < 1.29 is 27.1 Å². The number of anilines is 1. The Bertz CT molecular complexity index is 1500. The maximum absolute atomic E-state index is 15.1. The van der Waals surface area contributed by atoms with E-state index in [9.17, 15) is 18.0 Å². The van der Waals surface area contributed by atoms with Gasteiger partial charge in [-0.2, -0.15) is 0 Å². The molecule has 0 radical (unpaired) electrons. The number of rotatable bonds is 6. The van der Waals surface area contributed by atoms with Gasteiger partial charge in [-0.1, -0.05) is 29.8 Å². The van der Waals surface area contributed by atoms with Gasteiger partial charge in [0.2, 0.25) is 0 Å². The van der Waals surface area contributed by atoms with Crippen molar-refractivity contribution in [3.8, 4) is 5.75 Å². The summed E-state index contributed by atoms with van der Waals surface area (Å²) in [6.45, 7) is 3.09. The topological polar surface area (TPSA) is 58.9 Å². The van der Waals surface area contributed by atoms with Gasteiger partial charge in [-0.3, -0.25) is 9.20 Å². The van der Waals surface area contributed by atoms with Crippen molar-refractivity contribution in [1.29, 1.82) is 0 Å². The SMILES string of the molecule is Cc1nc2ccc(Cl)cn2c1C(=O)NCc1ccc(N2CCC(c3ccc(OC(F)(F)F)cc3)CC2)c(F)c1.Cl. The molecule has 3 heterocycles. The largest absolute Gasteiger partial charge is 0.573 e. The molecule has 1 N–H and O–H groups in total. The van der Waals surface area contributed by atoms with Crippen molar-refractivity contribution in [2.75, 3.05) is 18.0 Å². The Balaban J connectivity index is 0.00000370. The van der Waals surface area contributed by atoms with Gasteiger partial charge in [0.15, 0.2) is 0 Å². The quantitative estimate of drug-likeness (QED) is 0.242. The summed E-state index contributed by atoms with van der Waals surface area (Å²) in [5.41, 5.74) is 3.56. The summed E-state index contributed by atoms with van der Waals surface area (Å²) < 4.78 is 57.8. The molecule has 212 valence electrons. The number of piperidine rings is 1. The Hall–Kier alpha value is -3.50. The van der Waals surface area contributed by atoms with E-state index in [-0.39, 0.29) is 42.3 Å². The zero-order chi connectivity index (χ0) is 27.7. The Labute approximate surface area is 239 Å². The molecule has 0 saturated carbocycles. The van der Waals surface area contributed by atoms with Crippen molar-refractivity contribution >= 4 is 41.2 Å². The molecule has 2 aromatic heterocycles. The number of benzene rings is 2. The van der Waals surface area contributed by atoms with E-state index in [1.54, 1.807) is 53.9 Å². The van der Waals surface area contributed by atoms with E-state index in [0.717, 1.165) is 18.4 Å². The number of nitrogens with zero attached hydrogens (tertiary/aromatic N) is 3. The number of halogens is 6. The predicted octanol–water partition coefficient (Wildman–Crippen LogP) is 7.07. The third-order valence-electron chi connectivity index (χ3n) is 6.86. The van der Waals surface area contributed by atoms with Gasteiger partial charge in [0.05, 0.1) is 16.4 Å². The fourth-order valence-corrected chi connectivity index (χ4v) is 5.15. The minimum absolute atomic E-state index is 0. The fraction of sp³-hybridized carbons (Fsp3) is 0.286. The van der Waals surface area contributed by atoms with E-state index in [2.05, 4.69) is 15.0 Å². The molecule has 0 spiro atoms. The first-order chi connectivity index (χ1) is 18.6. The van der Waals surface area contributed by atoms with Gasteiger partial charge in [0.1, 0.15) is 22.9 Å². The number of aromatic nitrogens is 2. The second-order valence-electron chi connectivity index (χ2n) is 9.47. The number of hydrogen-bond acceptors (Lipinski definition) is 4. The predicted molar refractivity (Wildman–Crippen MR) is 147 cm³/mol. The highest BCUT2D eigenvalue weighted by Gasteiger charge is 2.31. The molecule has 40 heavy (non-hydrogen) atoms. The lowest BCUT2D eigenvalue weighted by molar-refractivity contribution is -0.274. The molecule has 0 atom stereocenters. The normalized spacial score (nSPS) is 14.2.